The summed E-state index contributed by atoms with van der Waals surface area (Å²) in [6.45, 7) is -0.737. The van der Waals surface area contributed by atoms with E-state index in [9.17, 15) is 18.0 Å². The maximum absolute atomic E-state index is 15.2. The van der Waals surface area contributed by atoms with Crippen LogP contribution in [0.3, 0.4) is 0 Å². The van der Waals surface area contributed by atoms with Gasteiger partial charge in [0.05, 0.1) is 12.3 Å². The summed E-state index contributed by atoms with van der Waals surface area (Å²) in [6.07, 6.45) is -0.925. The van der Waals surface area contributed by atoms with Gasteiger partial charge in [0.2, 0.25) is 5.95 Å². The van der Waals surface area contributed by atoms with Crippen molar-refractivity contribution in [2.75, 3.05) is 5.32 Å². The molecule has 0 unspecified atom stereocenters. The maximum atomic E-state index is 15.2. The third kappa shape index (κ3) is 4.33. The number of alkyl halides is 4. The number of imidazole rings is 1. The molecular formula is C22H23F4N7O3. The number of H-pyrrole nitrogens is 1. The Morgan fingerprint density at radius 3 is 2.81 bits per heavy atom. The van der Waals surface area contributed by atoms with Gasteiger partial charge in [-0.15, -0.1) is 13.2 Å². The molecule has 0 saturated heterocycles. The number of rotatable bonds is 7. The number of amides is 1. The zero-order chi connectivity index (χ0) is 25.1. The van der Waals surface area contributed by atoms with Crippen LogP contribution in [0.5, 0.6) is 0 Å². The van der Waals surface area contributed by atoms with Gasteiger partial charge in [-0.25, -0.2) is 19.2 Å². The first kappa shape index (κ1) is 23.0. The van der Waals surface area contributed by atoms with Gasteiger partial charge in [0.25, 0.3) is 0 Å². The van der Waals surface area contributed by atoms with Gasteiger partial charge in [0.1, 0.15) is 17.9 Å². The van der Waals surface area contributed by atoms with E-state index >= 15 is 4.39 Å². The number of fused-ring (bicyclic) bond motifs is 1. The largest absolute Gasteiger partial charge is 0.522 e. The third-order valence-electron chi connectivity index (χ3n) is 7.22. The van der Waals surface area contributed by atoms with Crippen molar-refractivity contribution in [1.82, 2.24) is 29.9 Å². The zero-order valence-electron chi connectivity index (χ0n) is 18.9. The Balaban J connectivity index is 1.09. The van der Waals surface area contributed by atoms with Crippen LogP contribution in [0, 0.1) is 5.92 Å². The van der Waals surface area contributed by atoms with Crippen LogP contribution in [0.25, 0.3) is 5.65 Å². The number of anilines is 2. The lowest BCUT2D eigenvalue weighted by Gasteiger charge is -2.61. The third-order valence-corrected chi connectivity index (χ3v) is 7.22. The highest BCUT2D eigenvalue weighted by atomic mass is 19.4. The summed E-state index contributed by atoms with van der Waals surface area (Å²) in [7, 11) is 0. The lowest BCUT2D eigenvalue weighted by molar-refractivity contribution is -0.330. The van der Waals surface area contributed by atoms with Crippen LogP contribution in [-0.2, 0) is 16.1 Å². The Labute approximate surface area is 201 Å². The Bertz CT molecular complexity index is 1280. The summed E-state index contributed by atoms with van der Waals surface area (Å²) in [5, 5.41) is 12.8. The molecular weight excluding hydrogens is 486 g/mol. The van der Waals surface area contributed by atoms with Crippen molar-refractivity contribution in [3.63, 3.8) is 0 Å². The van der Waals surface area contributed by atoms with Crippen molar-refractivity contribution in [1.29, 1.82) is 0 Å². The van der Waals surface area contributed by atoms with E-state index in [1.165, 1.54) is 22.9 Å². The molecule has 3 atom stereocenters. The van der Waals surface area contributed by atoms with Crippen molar-refractivity contribution in [2.24, 2.45) is 5.92 Å². The van der Waals surface area contributed by atoms with Crippen LogP contribution in [0.1, 0.15) is 49.4 Å². The number of ether oxygens (including phenoxy) is 2. The Hall–Kier alpha value is -3.42. The summed E-state index contributed by atoms with van der Waals surface area (Å²) < 4.78 is 62.9. The van der Waals surface area contributed by atoms with E-state index in [1.807, 2.05) is 0 Å². The van der Waals surface area contributed by atoms with E-state index in [1.54, 1.807) is 6.07 Å². The molecule has 36 heavy (non-hydrogen) atoms. The fraction of sp³-hybridized carbons (Fsp3) is 0.545. The molecule has 0 aliphatic heterocycles. The number of carbonyl (C=O) groups excluding carboxylic acids is 1. The molecule has 0 radical (unpaired) electrons. The first-order valence-corrected chi connectivity index (χ1v) is 11.7. The van der Waals surface area contributed by atoms with Crippen LogP contribution < -0.4 is 10.6 Å². The summed E-state index contributed by atoms with van der Waals surface area (Å²) in [4.78, 5) is 20.5. The first-order chi connectivity index (χ1) is 17.2. The van der Waals surface area contributed by atoms with Gasteiger partial charge in [-0.3, -0.25) is 14.2 Å². The average Bonchev–Trinajstić information content (AvgIpc) is 3.48. The molecule has 1 amide bonds. The van der Waals surface area contributed by atoms with Gasteiger partial charge < -0.3 is 15.4 Å². The second-order valence-electron chi connectivity index (χ2n) is 9.75. The SMILES string of the molecule is O=C(NC12CC(C1)C2)O[C@H]1CC[C@@H](c2cc(Nc3nccc4nc(COC(F)(F)F)cn34)n[nH]2)[C@@H]1F. The number of nitrogens with zero attached hydrogens (tertiary/aromatic N) is 4. The lowest BCUT2D eigenvalue weighted by atomic mass is 9.50. The van der Waals surface area contributed by atoms with E-state index in [0.717, 1.165) is 19.3 Å². The first-order valence-electron chi connectivity index (χ1n) is 11.7. The summed E-state index contributed by atoms with van der Waals surface area (Å²) in [6, 6.07) is 3.17. The van der Waals surface area contributed by atoms with Gasteiger partial charge in [-0.1, -0.05) is 0 Å². The fourth-order valence-corrected chi connectivity index (χ4v) is 5.38. The van der Waals surface area contributed by atoms with Gasteiger partial charge in [-0.05, 0) is 44.1 Å². The van der Waals surface area contributed by atoms with Crippen LogP contribution in [0.4, 0.5) is 34.1 Å². The highest BCUT2D eigenvalue weighted by Gasteiger charge is 2.58. The predicted molar refractivity (Wildman–Crippen MR) is 116 cm³/mol. The number of carbonyl (C=O) groups is 1. The van der Waals surface area contributed by atoms with Crippen LogP contribution in [0.2, 0.25) is 0 Å². The van der Waals surface area contributed by atoms with Gasteiger partial charge in [0.15, 0.2) is 5.82 Å². The smallest absolute Gasteiger partial charge is 0.443 e. The van der Waals surface area contributed by atoms with E-state index in [0.29, 0.717) is 35.9 Å². The Morgan fingerprint density at radius 2 is 2.08 bits per heavy atom. The molecule has 3 N–H and O–H groups in total. The molecule has 2 bridgehead atoms. The van der Waals surface area contributed by atoms with Crippen molar-refractivity contribution < 1.29 is 31.8 Å². The summed E-state index contributed by atoms with van der Waals surface area (Å²) in [5.41, 5.74) is 0.837. The van der Waals surface area contributed by atoms with Crippen molar-refractivity contribution in [2.45, 2.75) is 68.8 Å². The number of hydrogen-bond donors (Lipinski definition) is 3. The minimum atomic E-state index is -4.76. The quantitative estimate of drug-likeness (QED) is 0.411. The number of alkyl carbamates (subject to hydrolysis) is 1. The molecule has 14 heteroatoms. The molecule has 4 aliphatic rings. The molecule has 0 spiro atoms. The maximum Gasteiger partial charge on any atom is 0.522 e. The van der Waals surface area contributed by atoms with Crippen molar-refractivity contribution in [3.8, 4) is 0 Å². The molecule has 4 fully saturated rings. The van der Waals surface area contributed by atoms with Crippen LogP contribution >= 0.6 is 0 Å². The van der Waals surface area contributed by atoms with Crippen molar-refractivity contribution in [3.05, 3.63) is 35.9 Å². The number of hydrogen-bond acceptors (Lipinski definition) is 7. The summed E-state index contributed by atoms with van der Waals surface area (Å²) >= 11 is 0. The van der Waals surface area contributed by atoms with Gasteiger partial charge in [0, 0.05) is 35.6 Å². The monoisotopic (exact) mass is 509 g/mol. The molecule has 4 saturated carbocycles. The molecule has 3 aromatic rings. The molecule has 3 heterocycles. The van der Waals surface area contributed by atoms with E-state index in [-0.39, 0.29) is 17.2 Å². The average molecular weight is 509 g/mol. The summed E-state index contributed by atoms with van der Waals surface area (Å²) in [5.74, 6) is 0.777. The highest BCUT2D eigenvalue weighted by Crippen LogP contribution is 2.57. The number of aromatic amines is 1. The molecule has 10 nitrogen and oxygen atoms in total. The highest BCUT2D eigenvalue weighted by molar-refractivity contribution is 5.69. The number of nitrogens with one attached hydrogen (secondary N) is 3. The molecule has 4 aliphatic carbocycles. The second kappa shape index (κ2) is 8.32. The predicted octanol–water partition coefficient (Wildman–Crippen LogP) is 4.10. The molecule has 0 aromatic carbocycles. The van der Waals surface area contributed by atoms with Crippen LogP contribution in [-0.4, -0.2) is 54.8 Å². The Kier molecular flexibility index (Phi) is 5.32. The van der Waals surface area contributed by atoms with Gasteiger partial charge in [-0.2, -0.15) is 5.10 Å². The molecule has 3 aromatic heterocycles. The number of aromatic nitrogens is 5. The minimum Gasteiger partial charge on any atom is -0.443 e. The van der Waals surface area contributed by atoms with E-state index in [2.05, 4.69) is 35.5 Å². The molecule has 7 rings (SSSR count). The standard InChI is InChI=1S/C22H23F4N7O3/c23-18-13(1-2-15(18)36-20(34)30-21-6-11(7-21)8-21)14-5-16(32-31-14)29-19-27-4-3-17-28-12(9-33(17)19)10-35-22(24,25)26/h3-5,9,11,13,15,18H,1-2,6-8,10H2,(H,30,34)(H2,27,29,31,32)/t11?,13-,15-,18-,21?/m0/s1. The normalized spacial score (nSPS) is 29.0. The fourth-order valence-electron chi connectivity index (χ4n) is 5.38. The van der Waals surface area contributed by atoms with E-state index in [4.69, 9.17) is 4.74 Å². The molecule has 192 valence electrons. The lowest BCUT2D eigenvalue weighted by Crippen LogP contribution is -2.68. The minimum absolute atomic E-state index is 0.0708. The van der Waals surface area contributed by atoms with E-state index < -0.39 is 37.3 Å². The zero-order valence-corrected chi connectivity index (χ0v) is 18.9. The van der Waals surface area contributed by atoms with Gasteiger partial charge >= 0.3 is 12.5 Å². The van der Waals surface area contributed by atoms with Crippen LogP contribution in [0.15, 0.2) is 24.5 Å². The topological polar surface area (TPSA) is 118 Å². The van der Waals surface area contributed by atoms with Crippen molar-refractivity contribution >= 4 is 23.5 Å². The number of halogens is 4. The Morgan fingerprint density at radius 1 is 1.28 bits per heavy atom. The second-order valence-corrected chi connectivity index (χ2v) is 9.75.